The van der Waals surface area contributed by atoms with E-state index in [2.05, 4.69) is 9.97 Å². The predicted octanol–water partition coefficient (Wildman–Crippen LogP) is 2.11. The maximum atomic E-state index is 13.3. The van der Waals surface area contributed by atoms with Crippen LogP contribution in [0.15, 0.2) is 24.3 Å². The van der Waals surface area contributed by atoms with E-state index in [0.717, 1.165) is 11.3 Å². The normalized spacial score (nSPS) is 10.4. The molecule has 0 fully saturated rings. The molecular weight excluding hydrogens is 233 g/mol. The standard InChI is InChI=1S/C13H14FN3O/c1-8-12(14)13(15)17-11(16-8)7-9-3-5-10(18-2)6-4-9/h3-6H,7H2,1-2H3,(H2,15,16,17). The summed E-state index contributed by atoms with van der Waals surface area (Å²) in [6.45, 7) is 1.57. The number of anilines is 1. The van der Waals surface area contributed by atoms with Gasteiger partial charge >= 0.3 is 0 Å². The number of nitrogen functional groups attached to an aromatic ring is 1. The molecule has 4 nitrogen and oxygen atoms in total. The summed E-state index contributed by atoms with van der Waals surface area (Å²) in [5.41, 5.74) is 6.76. The number of methoxy groups -OCH3 is 1. The van der Waals surface area contributed by atoms with Crippen molar-refractivity contribution in [2.24, 2.45) is 0 Å². The highest BCUT2D eigenvalue weighted by atomic mass is 19.1. The van der Waals surface area contributed by atoms with Crippen molar-refractivity contribution in [2.45, 2.75) is 13.3 Å². The van der Waals surface area contributed by atoms with Crippen LogP contribution >= 0.6 is 0 Å². The van der Waals surface area contributed by atoms with Crippen molar-refractivity contribution >= 4 is 5.82 Å². The summed E-state index contributed by atoms with van der Waals surface area (Å²) < 4.78 is 18.4. The van der Waals surface area contributed by atoms with E-state index in [1.165, 1.54) is 0 Å². The van der Waals surface area contributed by atoms with Gasteiger partial charge in [-0.05, 0) is 24.6 Å². The molecule has 0 aliphatic carbocycles. The number of benzene rings is 1. The topological polar surface area (TPSA) is 61.0 Å². The summed E-state index contributed by atoms with van der Waals surface area (Å²) in [4.78, 5) is 8.01. The third-order valence-corrected chi connectivity index (χ3v) is 2.61. The Labute approximate surface area is 105 Å². The molecule has 0 unspecified atom stereocenters. The average molecular weight is 247 g/mol. The molecule has 1 heterocycles. The van der Waals surface area contributed by atoms with Gasteiger partial charge in [0.1, 0.15) is 11.6 Å². The number of aromatic nitrogens is 2. The van der Waals surface area contributed by atoms with Gasteiger partial charge in [0.05, 0.1) is 12.8 Å². The SMILES string of the molecule is COc1ccc(Cc2nc(C)c(F)c(N)n2)cc1. The Hall–Kier alpha value is -2.17. The van der Waals surface area contributed by atoms with Crippen LogP contribution in [0, 0.1) is 12.7 Å². The number of ether oxygens (including phenoxy) is 1. The molecule has 0 amide bonds. The van der Waals surface area contributed by atoms with E-state index < -0.39 is 5.82 Å². The zero-order valence-electron chi connectivity index (χ0n) is 10.3. The smallest absolute Gasteiger partial charge is 0.186 e. The van der Waals surface area contributed by atoms with Crippen LogP contribution in [0.5, 0.6) is 5.75 Å². The Kier molecular flexibility index (Phi) is 3.41. The molecule has 18 heavy (non-hydrogen) atoms. The van der Waals surface area contributed by atoms with E-state index in [0.29, 0.717) is 12.2 Å². The average Bonchev–Trinajstić information content (AvgIpc) is 2.37. The fourth-order valence-corrected chi connectivity index (χ4v) is 1.65. The van der Waals surface area contributed by atoms with Crippen molar-refractivity contribution in [2.75, 3.05) is 12.8 Å². The van der Waals surface area contributed by atoms with Crippen LogP contribution in [0.3, 0.4) is 0 Å². The first kappa shape index (κ1) is 12.3. The highest BCUT2D eigenvalue weighted by Crippen LogP contribution is 2.15. The fraction of sp³-hybridized carbons (Fsp3) is 0.231. The van der Waals surface area contributed by atoms with Crippen molar-refractivity contribution in [3.8, 4) is 5.75 Å². The summed E-state index contributed by atoms with van der Waals surface area (Å²) in [5.74, 6) is 0.644. The zero-order chi connectivity index (χ0) is 13.1. The summed E-state index contributed by atoms with van der Waals surface area (Å²) in [6, 6.07) is 7.54. The van der Waals surface area contributed by atoms with Gasteiger partial charge in [-0.2, -0.15) is 0 Å². The van der Waals surface area contributed by atoms with E-state index in [9.17, 15) is 4.39 Å². The summed E-state index contributed by atoms with van der Waals surface area (Å²) in [5, 5.41) is 0. The minimum atomic E-state index is -0.548. The van der Waals surface area contributed by atoms with Crippen LogP contribution in [-0.2, 0) is 6.42 Å². The molecule has 0 saturated carbocycles. The monoisotopic (exact) mass is 247 g/mol. The Morgan fingerprint density at radius 3 is 2.44 bits per heavy atom. The van der Waals surface area contributed by atoms with Crippen LogP contribution in [-0.4, -0.2) is 17.1 Å². The van der Waals surface area contributed by atoms with E-state index in [-0.39, 0.29) is 11.5 Å². The van der Waals surface area contributed by atoms with Gasteiger partial charge in [0, 0.05) is 6.42 Å². The van der Waals surface area contributed by atoms with Gasteiger partial charge in [-0.1, -0.05) is 12.1 Å². The van der Waals surface area contributed by atoms with Gasteiger partial charge in [-0.3, -0.25) is 0 Å². The van der Waals surface area contributed by atoms with Gasteiger partial charge < -0.3 is 10.5 Å². The minimum Gasteiger partial charge on any atom is -0.497 e. The van der Waals surface area contributed by atoms with E-state index in [4.69, 9.17) is 10.5 Å². The van der Waals surface area contributed by atoms with Crippen molar-refractivity contribution in [1.29, 1.82) is 0 Å². The number of nitrogens with two attached hydrogens (primary N) is 1. The zero-order valence-corrected chi connectivity index (χ0v) is 10.3. The molecule has 0 atom stereocenters. The lowest BCUT2D eigenvalue weighted by Gasteiger charge is -2.05. The molecule has 5 heteroatoms. The van der Waals surface area contributed by atoms with Gasteiger partial charge in [-0.25, -0.2) is 14.4 Å². The Morgan fingerprint density at radius 1 is 1.22 bits per heavy atom. The summed E-state index contributed by atoms with van der Waals surface area (Å²) in [7, 11) is 1.61. The molecule has 94 valence electrons. The number of rotatable bonds is 3. The van der Waals surface area contributed by atoms with Crippen molar-refractivity contribution in [3.05, 3.63) is 47.2 Å². The molecule has 1 aromatic carbocycles. The molecule has 0 bridgehead atoms. The van der Waals surface area contributed by atoms with Crippen LogP contribution < -0.4 is 10.5 Å². The Balaban J connectivity index is 2.23. The van der Waals surface area contributed by atoms with Crippen LogP contribution in [0.4, 0.5) is 10.2 Å². The maximum absolute atomic E-state index is 13.3. The first-order valence-electron chi connectivity index (χ1n) is 5.51. The first-order valence-corrected chi connectivity index (χ1v) is 5.51. The van der Waals surface area contributed by atoms with Gasteiger partial charge in [0.2, 0.25) is 0 Å². The van der Waals surface area contributed by atoms with Gasteiger partial charge in [-0.15, -0.1) is 0 Å². The predicted molar refractivity (Wildman–Crippen MR) is 66.9 cm³/mol. The largest absolute Gasteiger partial charge is 0.497 e. The minimum absolute atomic E-state index is 0.106. The Bertz CT molecular complexity index is 532. The van der Waals surface area contributed by atoms with E-state index in [1.54, 1.807) is 14.0 Å². The fourth-order valence-electron chi connectivity index (χ4n) is 1.65. The number of aryl methyl sites for hydroxylation is 1. The number of nitrogens with zero attached hydrogens (tertiary/aromatic N) is 2. The van der Waals surface area contributed by atoms with Crippen molar-refractivity contribution < 1.29 is 9.13 Å². The number of halogens is 1. The lowest BCUT2D eigenvalue weighted by Crippen LogP contribution is -2.06. The molecule has 0 aliphatic rings. The van der Waals surface area contributed by atoms with Crippen molar-refractivity contribution in [1.82, 2.24) is 9.97 Å². The van der Waals surface area contributed by atoms with Crippen molar-refractivity contribution in [3.63, 3.8) is 0 Å². The van der Waals surface area contributed by atoms with Gasteiger partial charge in [0.15, 0.2) is 11.6 Å². The molecule has 0 radical (unpaired) electrons. The van der Waals surface area contributed by atoms with E-state index >= 15 is 0 Å². The number of hydrogen-bond acceptors (Lipinski definition) is 4. The highest BCUT2D eigenvalue weighted by Gasteiger charge is 2.08. The molecule has 0 aliphatic heterocycles. The lowest BCUT2D eigenvalue weighted by atomic mass is 10.1. The second-order valence-electron chi connectivity index (χ2n) is 3.95. The van der Waals surface area contributed by atoms with Gasteiger partial charge in [0.25, 0.3) is 0 Å². The third kappa shape index (κ3) is 2.56. The first-order chi connectivity index (χ1) is 8.60. The van der Waals surface area contributed by atoms with E-state index in [1.807, 2.05) is 24.3 Å². The van der Waals surface area contributed by atoms with Crippen LogP contribution in [0.2, 0.25) is 0 Å². The molecular formula is C13H14FN3O. The quantitative estimate of drug-likeness (QED) is 0.902. The van der Waals surface area contributed by atoms with Crippen LogP contribution in [0.1, 0.15) is 17.1 Å². The third-order valence-electron chi connectivity index (χ3n) is 2.61. The van der Waals surface area contributed by atoms with Crippen LogP contribution in [0.25, 0.3) is 0 Å². The molecule has 1 aromatic heterocycles. The highest BCUT2D eigenvalue weighted by molar-refractivity contribution is 5.34. The molecule has 0 saturated heterocycles. The molecule has 2 N–H and O–H groups in total. The Morgan fingerprint density at radius 2 is 1.89 bits per heavy atom. The summed E-state index contributed by atoms with van der Waals surface area (Å²) in [6.07, 6.45) is 0.509. The maximum Gasteiger partial charge on any atom is 0.186 e. The lowest BCUT2D eigenvalue weighted by molar-refractivity contribution is 0.414. The number of hydrogen-bond donors (Lipinski definition) is 1. The molecule has 0 spiro atoms. The molecule has 2 aromatic rings. The molecule has 2 rings (SSSR count). The second-order valence-corrected chi connectivity index (χ2v) is 3.95. The second kappa shape index (κ2) is 5.00. The summed E-state index contributed by atoms with van der Waals surface area (Å²) >= 11 is 0.